The van der Waals surface area contributed by atoms with Gasteiger partial charge in [-0.1, -0.05) is 34.5 Å². The summed E-state index contributed by atoms with van der Waals surface area (Å²) in [6, 6.07) is 7.87. The number of hydrogen-bond acceptors (Lipinski definition) is 4. The van der Waals surface area contributed by atoms with E-state index in [-0.39, 0.29) is 23.3 Å². The zero-order chi connectivity index (χ0) is 19.0. The van der Waals surface area contributed by atoms with Gasteiger partial charge in [0.2, 0.25) is 0 Å². The zero-order valence-electron chi connectivity index (χ0n) is 14.1. The molecule has 0 saturated carbocycles. The van der Waals surface area contributed by atoms with Crippen LogP contribution in [-0.4, -0.2) is 37.3 Å². The molecule has 6 nitrogen and oxygen atoms in total. The number of halogens is 3. The number of aromatic nitrogens is 4. The lowest BCUT2D eigenvalue weighted by atomic mass is 10.1. The molecule has 0 unspecified atom stereocenters. The molecule has 0 fully saturated rings. The Balaban J connectivity index is 1.55. The van der Waals surface area contributed by atoms with Gasteiger partial charge in [-0.05, 0) is 24.3 Å². The van der Waals surface area contributed by atoms with E-state index in [1.807, 2.05) is 0 Å². The van der Waals surface area contributed by atoms with Crippen molar-refractivity contribution in [3.63, 3.8) is 0 Å². The first-order valence-corrected chi connectivity index (χ1v) is 9.04. The van der Waals surface area contributed by atoms with E-state index >= 15 is 0 Å². The Kier molecular flexibility index (Phi) is 4.80. The predicted molar refractivity (Wildman–Crippen MR) is 98.2 cm³/mol. The maximum Gasteiger partial charge on any atom is 0.255 e. The quantitative estimate of drug-likeness (QED) is 0.669. The second-order valence-corrected chi connectivity index (χ2v) is 6.94. The first-order chi connectivity index (χ1) is 13.0. The minimum atomic E-state index is -0.384. The molecule has 27 heavy (non-hydrogen) atoms. The Morgan fingerprint density at radius 3 is 2.89 bits per heavy atom. The van der Waals surface area contributed by atoms with Crippen molar-refractivity contribution in [2.75, 3.05) is 6.54 Å². The number of carbonyl (C=O) groups excluding carboxylic acids is 1. The molecule has 0 N–H and O–H groups in total. The van der Waals surface area contributed by atoms with E-state index in [4.69, 9.17) is 23.2 Å². The number of carbonyl (C=O) groups is 1. The summed E-state index contributed by atoms with van der Waals surface area (Å²) in [4.78, 5) is 18.5. The topological polar surface area (TPSA) is 63.9 Å². The monoisotopic (exact) mass is 405 g/mol. The Morgan fingerprint density at radius 1 is 1.22 bits per heavy atom. The molecule has 1 aliphatic heterocycles. The molecular weight excluding hydrogens is 392 g/mol. The van der Waals surface area contributed by atoms with Gasteiger partial charge in [-0.3, -0.25) is 9.78 Å². The number of pyridine rings is 1. The molecule has 0 atom stereocenters. The standard InChI is InChI=1S/C18H14Cl2FN5O/c19-12-4-1-3-11(17(12)20)18(27)25-8-6-16-15(9-25)23-24-26(16)10-14-13(21)5-2-7-22-14/h1-5,7H,6,8-10H2. The minimum absolute atomic E-state index is 0.197. The lowest BCUT2D eigenvalue weighted by molar-refractivity contribution is 0.0731. The van der Waals surface area contributed by atoms with Gasteiger partial charge in [0.25, 0.3) is 5.91 Å². The molecular formula is C18H14Cl2FN5O. The molecule has 0 saturated heterocycles. The summed E-state index contributed by atoms with van der Waals surface area (Å²) in [5.74, 6) is -0.594. The Bertz CT molecular complexity index is 1020. The smallest absolute Gasteiger partial charge is 0.255 e. The van der Waals surface area contributed by atoms with Crippen LogP contribution in [0.25, 0.3) is 0 Å². The van der Waals surface area contributed by atoms with Gasteiger partial charge in [0.15, 0.2) is 0 Å². The van der Waals surface area contributed by atoms with Gasteiger partial charge in [-0.15, -0.1) is 5.10 Å². The van der Waals surface area contributed by atoms with E-state index in [0.717, 1.165) is 5.69 Å². The van der Waals surface area contributed by atoms with E-state index in [9.17, 15) is 9.18 Å². The number of fused-ring (bicyclic) bond motifs is 1. The van der Waals surface area contributed by atoms with Crippen LogP contribution >= 0.6 is 23.2 Å². The molecule has 0 aliphatic carbocycles. The van der Waals surface area contributed by atoms with Crippen LogP contribution in [0.2, 0.25) is 10.0 Å². The molecule has 1 aliphatic rings. The van der Waals surface area contributed by atoms with E-state index in [0.29, 0.717) is 41.5 Å². The van der Waals surface area contributed by atoms with Crippen molar-refractivity contribution in [1.82, 2.24) is 24.9 Å². The molecule has 1 amide bonds. The lowest BCUT2D eigenvalue weighted by Crippen LogP contribution is -2.36. The third kappa shape index (κ3) is 3.40. The van der Waals surface area contributed by atoms with Gasteiger partial charge >= 0.3 is 0 Å². The van der Waals surface area contributed by atoms with Crippen molar-refractivity contribution < 1.29 is 9.18 Å². The van der Waals surface area contributed by atoms with Gasteiger partial charge in [-0.25, -0.2) is 9.07 Å². The van der Waals surface area contributed by atoms with Crippen LogP contribution in [0.15, 0.2) is 36.5 Å². The number of hydrogen-bond donors (Lipinski definition) is 0. The highest BCUT2D eigenvalue weighted by Crippen LogP contribution is 2.28. The van der Waals surface area contributed by atoms with Crippen molar-refractivity contribution in [1.29, 1.82) is 0 Å². The van der Waals surface area contributed by atoms with E-state index < -0.39 is 0 Å². The summed E-state index contributed by atoms with van der Waals surface area (Å²) in [5, 5.41) is 8.84. The maximum atomic E-state index is 13.8. The highest BCUT2D eigenvalue weighted by Gasteiger charge is 2.27. The minimum Gasteiger partial charge on any atom is -0.332 e. The molecule has 138 valence electrons. The molecule has 4 rings (SSSR count). The average Bonchev–Trinajstić information content (AvgIpc) is 3.07. The number of amides is 1. The fraction of sp³-hybridized carbons (Fsp3) is 0.222. The van der Waals surface area contributed by atoms with Gasteiger partial charge in [0.1, 0.15) is 11.5 Å². The van der Waals surface area contributed by atoms with Gasteiger partial charge in [0, 0.05) is 19.2 Å². The Hall–Kier alpha value is -2.51. The lowest BCUT2D eigenvalue weighted by Gasteiger charge is -2.27. The molecule has 9 heteroatoms. The molecule has 0 spiro atoms. The second-order valence-electron chi connectivity index (χ2n) is 6.15. The number of nitrogens with zero attached hydrogens (tertiary/aromatic N) is 5. The van der Waals surface area contributed by atoms with Crippen molar-refractivity contribution in [2.45, 2.75) is 19.5 Å². The van der Waals surface area contributed by atoms with Crippen LogP contribution in [0.3, 0.4) is 0 Å². The third-order valence-corrected chi connectivity index (χ3v) is 5.30. The van der Waals surface area contributed by atoms with E-state index in [1.165, 1.54) is 12.3 Å². The van der Waals surface area contributed by atoms with Gasteiger partial charge < -0.3 is 4.90 Å². The number of rotatable bonds is 3. The summed E-state index contributed by atoms with van der Waals surface area (Å²) in [7, 11) is 0. The molecule has 0 bridgehead atoms. The highest BCUT2D eigenvalue weighted by molar-refractivity contribution is 6.43. The van der Waals surface area contributed by atoms with Crippen LogP contribution in [0.1, 0.15) is 27.4 Å². The molecule has 3 heterocycles. The predicted octanol–water partition coefficient (Wildman–Crippen LogP) is 3.37. The Labute approximate surface area is 164 Å². The summed E-state index contributed by atoms with van der Waals surface area (Å²) < 4.78 is 15.5. The van der Waals surface area contributed by atoms with E-state index in [1.54, 1.807) is 33.8 Å². The maximum absolute atomic E-state index is 13.8. The fourth-order valence-electron chi connectivity index (χ4n) is 3.08. The SMILES string of the molecule is O=C(c1cccc(Cl)c1Cl)N1CCc2c(nnn2Cc2ncccc2F)C1. The summed E-state index contributed by atoms with van der Waals surface area (Å²) in [6.45, 7) is 0.984. The van der Waals surface area contributed by atoms with Crippen molar-refractivity contribution in [2.24, 2.45) is 0 Å². The van der Waals surface area contributed by atoms with Crippen molar-refractivity contribution in [3.8, 4) is 0 Å². The summed E-state index contributed by atoms with van der Waals surface area (Å²) in [5.41, 5.74) is 2.22. The molecule has 2 aromatic heterocycles. The van der Waals surface area contributed by atoms with E-state index in [2.05, 4.69) is 15.3 Å². The van der Waals surface area contributed by atoms with Crippen LogP contribution < -0.4 is 0 Å². The van der Waals surface area contributed by atoms with Crippen LogP contribution in [0.4, 0.5) is 4.39 Å². The molecule has 0 radical (unpaired) electrons. The largest absolute Gasteiger partial charge is 0.332 e. The van der Waals surface area contributed by atoms with Gasteiger partial charge in [0.05, 0.1) is 40.1 Å². The first-order valence-electron chi connectivity index (χ1n) is 8.28. The fourth-order valence-corrected chi connectivity index (χ4v) is 3.46. The van der Waals surface area contributed by atoms with Crippen LogP contribution in [0, 0.1) is 5.82 Å². The highest BCUT2D eigenvalue weighted by atomic mass is 35.5. The third-order valence-electron chi connectivity index (χ3n) is 4.48. The van der Waals surface area contributed by atoms with Crippen LogP contribution in [-0.2, 0) is 19.5 Å². The van der Waals surface area contributed by atoms with Gasteiger partial charge in [-0.2, -0.15) is 0 Å². The normalized spacial score (nSPS) is 13.5. The molecule has 3 aromatic rings. The van der Waals surface area contributed by atoms with Crippen molar-refractivity contribution in [3.05, 3.63) is 75.0 Å². The summed E-state index contributed by atoms with van der Waals surface area (Å²) in [6.07, 6.45) is 2.09. The molecule has 1 aromatic carbocycles. The second kappa shape index (κ2) is 7.25. The summed E-state index contributed by atoms with van der Waals surface area (Å²) >= 11 is 12.2. The van der Waals surface area contributed by atoms with Crippen LogP contribution in [0.5, 0.6) is 0 Å². The Morgan fingerprint density at radius 2 is 2.07 bits per heavy atom. The number of benzene rings is 1. The van der Waals surface area contributed by atoms with Crippen molar-refractivity contribution >= 4 is 29.1 Å². The zero-order valence-corrected chi connectivity index (χ0v) is 15.6. The average molecular weight is 406 g/mol. The first kappa shape index (κ1) is 17.9.